The molecule has 0 radical (unpaired) electrons. The van der Waals surface area contributed by atoms with Gasteiger partial charge in [-0.1, -0.05) is 0 Å². The zero-order chi connectivity index (χ0) is 16.9. The zero-order valence-corrected chi connectivity index (χ0v) is 13.8. The second kappa shape index (κ2) is 7.23. The van der Waals surface area contributed by atoms with E-state index in [0.717, 1.165) is 24.5 Å². The highest BCUT2D eigenvalue weighted by Gasteiger charge is 2.16. The number of nitrogens with zero attached hydrogens (tertiary/aromatic N) is 1. The van der Waals surface area contributed by atoms with Crippen molar-refractivity contribution in [2.24, 2.45) is 0 Å². The number of carbonyl (C=O) groups excluding carboxylic acids is 1. The minimum Gasteiger partial charge on any atom is -0.454 e. The van der Waals surface area contributed by atoms with E-state index in [0.29, 0.717) is 17.1 Å². The Morgan fingerprint density at radius 1 is 1.04 bits per heavy atom. The lowest BCUT2D eigenvalue weighted by Gasteiger charge is -2.12. The van der Waals surface area contributed by atoms with Crippen LogP contribution >= 0.6 is 0 Å². The van der Waals surface area contributed by atoms with Crippen LogP contribution in [-0.4, -0.2) is 44.8 Å². The smallest absolute Gasteiger partial charge is 0.255 e. The lowest BCUT2D eigenvalue weighted by Crippen LogP contribution is -2.20. The molecule has 0 spiro atoms. The molecule has 0 fully saturated rings. The molecule has 1 heterocycles. The van der Waals surface area contributed by atoms with E-state index in [1.54, 1.807) is 18.2 Å². The number of rotatable bonds is 6. The van der Waals surface area contributed by atoms with Gasteiger partial charge in [-0.2, -0.15) is 0 Å². The molecule has 2 aromatic rings. The van der Waals surface area contributed by atoms with Gasteiger partial charge in [0.2, 0.25) is 6.79 Å². The van der Waals surface area contributed by atoms with Gasteiger partial charge in [0, 0.05) is 30.0 Å². The van der Waals surface area contributed by atoms with E-state index in [9.17, 15) is 4.79 Å². The van der Waals surface area contributed by atoms with Gasteiger partial charge in [-0.15, -0.1) is 0 Å². The molecule has 0 bridgehead atoms. The zero-order valence-electron chi connectivity index (χ0n) is 13.8. The molecule has 6 heteroatoms. The maximum Gasteiger partial charge on any atom is 0.255 e. The second-order valence-electron chi connectivity index (χ2n) is 5.83. The van der Waals surface area contributed by atoms with Gasteiger partial charge in [0.25, 0.3) is 5.91 Å². The highest BCUT2D eigenvalue weighted by atomic mass is 16.7. The lowest BCUT2D eigenvalue weighted by atomic mass is 10.2. The van der Waals surface area contributed by atoms with Crippen molar-refractivity contribution < 1.29 is 14.3 Å². The van der Waals surface area contributed by atoms with Crippen molar-refractivity contribution in [2.45, 2.75) is 0 Å². The molecule has 0 saturated heterocycles. The molecule has 2 N–H and O–H groups in total. The third kappa shape index (κ3) is 3.97. The van der Waals surface area contributed by atoms with Crippen LogP contribution in [0.2, 0.25) is 0 Å². The van der Waals surface area contributed by atoms with E-state index < -0.39 is 0 Å². The first-order valence-corrected chi connectivity index (χ1v) is 7.81. The molecule has 0 aromatic heterocycles. The number of fused-ring (bicyclic) bond motifs is 1. The van der Waals surface area contributed by atoms with E-state index in [1.165, 1.54) is 0 Å². The molecule has 3 rings (SSSR count). The van der Waals surface area contributed by atoms with Gasteiger partial charge in [-0.3, -0.25) is 4.79 Å². The third-order valence-corrected chi connectivity index (χ3v) is 3.67. The number of amides is 1. The number of benzene rings is 2. The molecule has 6 nitrogen and oxygen atoms in total. The van der Waals surface area contributed by atoms with Gasteiger partial charge in [0.15, 0.2) is 11.5 Å². The maximum atomic E-state index is 12.3. The summed E-state index contributed by atoms with van der Waals surface area (Å²) in [6.45, 7) is 2.03. The summed E-state index contributed by atoms with van der Waals surface area (Å²) in [7, 11) is 4.08. The molecule has 0 unspecified atom stereocenters. The molecule has 2 aromatic carbocycles. The molecule has 126 valence electrons. The molecular weight excluding hydrogens is 306 g/mol. The van der Waals surface area contributed by atoms with E-state index in [4.69, 9.17) is 9.47 Å². The van der Waals surface area contributed by atoms with Gasteiger partial charge in [-0.05, 0) is 56.6 Å². The van der Waals surface area contributed by atoms with Crippen LogP contribution in [0.25, 0.3) is 0 Å². The van der Waals surface area contributed by atoms with Crippen molar-refractivity contribution >= 4 is 17.3 Å². The third-order valence-electron chi connectivity index (χ3n) is 3.67. The van der Waals surface area contributed by atoms with Crippen molar-refractivity contribution in [1.29, 1.82) is 0 Å². The van der Waals surface area contributed by atoms with Crippen LogP contribution in [0.5, 0.6) is 11.5 Å². The van der Waals surface area contributed by atoms with E-state index in [1.807, 2.05) is 38.4 Å². The Labute approximate surface area is 141 Å². The quantitative estimate of drug-likeness (QED) is 0.854. The normalized spacial score (nSPS) is 12.3. The first kappa shape index (κ1) is 16.1. The highest BCUT2D eigenvalue weighted by Crippen LogP contribution is 2.32. The predicted octanol–water partition coefficient (Wildman–Crippen LogP) is 2.64. The summed E-state index contributed by atoms with van der Waals surface area (Å²) in [4.78, 5) is 14.4. The predicted molar refractivity (Wildman–Crippen MR) is 94.0 cm³/mol. The van der Waals surface area contributed by atoms with Crippen molar-refractivity contribution in [2.75, 3.05) is 44.6 Å². The summed E-state index contributed by atoms with van der Waals surface area (Å²) in [6, 6.07) is 12.8. The molecule has 1 aliphatic rings. The van der Waals surface area contributed by atoms with E-state index >= 15 is 0 Å². The molecule has 1 aliphatic heterocycles. The summed E-state index contributed by atoms with van der Waals surface area (Å²) in [6.07, 6.45) is 0. The number of nitrogens with one attached hydrogen (secondary N) is 2. The van der Waals surface area contributed by atoms with Gasteiger partial charge >= 0.3 is 0 Å². The fourth-order valence-corrected chi connectivity index (χ4v) is 2.34. The Bertz CT molecular complexity index is 714. The van der Waals surface area contributed by atoms with Crippen LogP contribution in [0.15, 0.2) is 42.5 Å². The van der Waals surface area contributed by atoms with Crippen molar-refractivity contribution in [1.82, 2.24) is 4.90 Å². The minimum absolute atomic E-state index is 0.179. The summed E-state index contributed by atoms with van der Waals surface area (Å²) in [5.41, 5.74) is 2.31. The number of likely N-dealkylation sites (N-methyl/N-ethyl adjacent to an activating group) is 1. The van der Waals surface area contributed by atoms with Crippen molar-refractivity contribution in [3.05, 3.63) is 48.0 Å². The van der Waals surface area contributed by atoms with Gasteiger partial charge in [0.05, 0.1) is 0 Å². The highest BCUT2D eigenvalue weighted by molar-refractivity contribution is 6.04. The summed E-state index contributed by atoms with van der Waals surface area (Å²) in [5.74, 6) is 1.09. The van der Waals surface area contributed by atoms with Gasteiger partial charge in [-0.25, -0.2) is 0 Å². The van der Waals surface area contributed by atoms with Crippen LogP contribution in [-0.2, 0) is 0 Å². The molecular formula is C18H21N3O3. The van der Waals surface area contributed by atoms with Crippen LogP contribution in [0.3, 0.4) is 0 Å². The minimum atomic E-state index is -0.179. The first-order chi connectivity index (χ1) is 11.6. The van der Waals surface area contributed by atoms with Crippen molar-refractivity contribution in [3.8, 4) is 11.5 Å². The molecule has 0 atom stereocenters. The Balaban J connectivity index is 1.58. The van der Waals surface area contributed by atoms with Crippen LogP contribution in [0.1, 0.15) is 10.4 Å². The second-order valence-corrected chi connectivity index (χ2v) is 5.83. The summed E-state index contributed by atoms with van der Waals surface area (Å²) in [5, 5.41) is 6.21. The standard InChI is InChI=1S/C18H21N3O3/c1-21(2)10-9-19-14-4-6-15(7-5-14)20-18(22)13-3-8-16-17(11-13)24-12-23-16/h3-8,11,19H,9-10,12H2,1-2H3,(H,20,22). The molecule has 0 aliphatic carbocycles. The number of hydrogen-bond acceptors (Lipinski definition) is 5. The summed E-state index contributed by atoms with van der Waals surface area (Å²) >= 11 is 0. The number of ether oxygens (including phenoxy) is 2. The van der Waals surface area contributed by atoms with Crippen LogP contribution in [0.4, 0.5) is 11.4 Å². The largest absolute Gasteiger partial charge is 0.454 e. The first-order valence-electron chi connectivity index (χ1n) is 7.81. The monoisotopic (exact) mass is 327 g/mol. The average molecular weight is 327 g/mol. The molecule has 1 amide bonds. The summed E-state index contributed by atoms with van der Waals surface area (Å²) < 4.78 is 10.5. The fourth-order valence-electron chi connectivity index (χ4n) is 2.34. The van der Waals surface area contributed by atoms with Gasteiger partial charge < -0.3 is 25.0 Å². The Hall–Kier alpha value is -2.73. The topological polar surface area (TPSA) is 62.8 Å². The fraction of sp³-hybridized carbons (Fsp3) is 0.278. The van der Waals surface area contributed by atoms with Crippen LogP contribution < -0.4 is 20.1 Å². The van der Waals surface area contributed by atoms with Gasteiger partial charge in [0.1, 0.15) is 0 Å². The van der Waals surface area contributed by atoms with E-state index in [-0.39, 0.29) is 12.7 Å². The molecule has 0 saturated carbocycles. The molecule has 24 heavy (non-hydrogen) atoms. The SMILES string of the molecule is CN(C)CCNc1ccc(NC(=O)c2ccc3c(c2)OCO3)cc1. The van der Waals surface area contributed by atoms with Crippen molar-refractivity contribution in [3.63, 3.8) is 0 Å². The lowest BCUT2D eigenvalue weighted by molar-refractivity contribution is 0.102. The van der Waals surface area contributed by atoms with E-state index in [2.05, 4.69) is 15.5 Å². The Morgan fingerprint density at radius 2 is 1.75 bits per heavy atom. The maximum absolute atomic E-state index is 12.3. The number of hydrogen-bond donors (Lipinski definition) is 2. The Morgan fingerprint density at radius 3 is 2.50 bits per heavy atom. The van der Waals surface area contributed by atoms with Crippen LogP contribution in [0, 0.1) is 0 Å². The Kier molecular flexibility index (Phi) is 4.86. The number of carbonyl (C=O) groups is 1. The average Bonchev–Trinajstić information content (AvgIpc) is 3.03. The number of anilines is 2.